The van der Waals surface area contributed by atoms with Crippen molar-refractivity contribution in [1.29, 1.82) is 0 Å². The minimum Gasteiger partial charge on any atom is -0.309 e. The van der Waals surface area contributed by atoms with Crippen LogP contribution in [-0.4, -0.2) is 67.9 Å². The van der Waals surface area contributed by atoms with Crippen LogP contribution >= 0.6 is 0 Å². The third-order valence-electron chi connectivity index (χ3n) is 13.5. The normalized spacial score (nSPS) is 11.9. The van der Waals surface area contributed by atoms with Crippen molar-refractivity contribution in [2.45, 2.75) is 0 Å². The van der Waals surface area contributed by atoms with Gasteiger partial charge in [0.2, 0.25) is 5.95 Å². The van der Waals surface area contributed by atoms with Gasteiger partial charge in [0.1, 0.15) is 39.2 Å². The van der Waals surface area contributed by atoms with Crippen LogP contribution in [-0.2, 0) is 0 Å². The number of nitrogens with zero attached hydrogens (tertiary/aromatic N) is 6. The summed E-state index contributed by atoms with van der Waals surface area (Å²) >= 11 is 0. The van der Waals surface area contributed by atoms with Crippen molar-refractivity contribution in [2.75, 3.05) is 0 Å². The Morgan fingerprint density at radius 2 is 0.774 bits per heavy atom. The number of hydrogen-bond acceptors (Lipinski definition) is 3. The quantitative estimate of drug-likeness (QED) is 0.250. The summed E-state index contributed by atoms with van der Waals surface area (Å²) in [5, 5.41) is 7.00. The maximum absolute atomic E-state index is 5.49. The smallest absolute Gasteiger partial charge is 0.238 e. The maximum atomic E-state index is 5.49. The molecule has 0 saturated heterocycles. The van der Waals surface area contributed by atoms with E-state index in [-0.39, 0.29) is 0 Å². The lowest BCUT2D eigenvalue weighted by Gasteiger charge is -2.23. The van der Waals surface area contributed by atoms with E-state index >= 15 is 0 Å². The van der Waals surface area contributed by atoms with Gasteiger partial charge in [0.05, 0.1) is 33.1 Å². The van der Waals surface area contributed by atoms with Gasteiger partial charge in [-0.1, -0.05) is 137 Å². The minimum atomic E-state index is 0.570. The van der Waals surface area contributed by atoms with Gasteiger partial charge in [-0.15, -0.1) is 5.46 Å². The van der Waals surface area contributed by atoms with E-state index in [1.807, 2.05) is 18.2 Å². The van der Waals surface area contributed by atoms with Gasteiger partial charge < -0.3 is 9.13 Å². The Balaban J connectivity index is 1.20. The number of hydrogen-bond donors (Lipinski definition) is 0. The SMILES string of the molecule is Bc1c(B)c(B)c(-n2c3ccccc3c3ccc4c5ccccc5n(-c5nc(-c6ccccc6)nc(-c6ccc7c(c6)c6ccccc6n7-c6ccccc6)n5)c4c32)c(B)c1B. The highest BCUT2D eigenvalue weighted by Crippen LogP contribution is 2.41. The molecule has 0 atom stereocenters. The van der Waals surface area contributed by atoms with Crippen molar-refractivity contribution in [3.63, 3.8) is 0 Å². The first-order valence-corrected chi connectivity index (χ1v) is 21.3. The van der Waals surface area contributed by atoms with E-state index in [9.17, 15) is 0 Å². The Bertz CT molecular complexity index is 3790. The number of rotatable bonds is 5. The fourth-order valence-corrected chi connectivity index (χ4v) is 10.0. The lowest BCUT2D eigenvalue weighted by molar-refractivity contribution is 0.954. The van der Waals surface area contributed by atoms with E-state index in [1.165, 1.54) is 54.7 Å². The highest BCUT2D eigenvalue weighted by atomic mass is 15.2. The predicted molar refractivity (Wildman–Crippen MR) is 275 cm³/mol. The molecule has 11 heteroatoms. The molecule has 0 amide bonds. The van der Waals surface area contributed by atoms with Crippen molar-refractivity contribution in [1.82, 2.24) is 28.7 Å². The van der Waals surface area contributed by atoms with Crippen molar-refractivity contribution in [2.24, 2.45) is 0 Å². The molecule has 4 aromatic heterocycles. The molecule has 0 radical (unpaired) electrons. The van der Waals surface area contributed by atoms with Crippen LogP contribution in [0.15, 0.2) is 164 Å². The van der Waals surface area contributed by atoms with E-state index in [2.05, 4.69) is 199 Å². The fraction of sp³-hybridized carbons (Fsp3) is 0. The van der Waals surface area contributed by atoms with Crippen molar-refractivity contribution >= 4 is 132 Å². The summed E-state index contributed by atoms with van der Waals surface area (Å²) in [5.74, 6) is 1.80. The summed E-state index contributed by atoms with van der Waals surface area (Å²) < 4.78 is 7.15. The zero-order valence-corrected chi connectivity index (χ0v) is 35.3. The van der Waals surface area contributed by atoms with Gasteiger partial charge >= 0.3 is 0 Å². The van der Waals surface area contributed by atoms with Gasteiger partial charge in [0.25, 0.3) is 0 Å². The van der Waals surface area contributed by atoms with Crippen LogP contribution in [0.3, 0.4) is 0 Å². The van der Waals surface area contributed by atoms with Gasteiger partial charge in [-0.05, 0) is 48.5 Å². The topological polar surface area (TPSA) is 53.5 Å². The van der Waals surface area contributed by atoms with Crippen LogP contribution in [0.25, 0.3) is 106 Å². The standard InChI is InChI=1S/C51H37B5N6/c52-41-42(53)44(55)48(45(56)43(41)54)61-38-21-11-7-17-31(38)34-24-25-35-32-18-8-12-22-39(32)62(47(35)46(34)61)51-58-49(28-13-3-1-4-14-28)57-50(59-51)29-23-26-40-36(27-29)33-19-9-10-20-37(33)60(40)30-15-5-2-6-16-30/h1-27H,52-56H2. The first kappa shape index (κ1) is 36.4. The van der Waals surface area contributed by atoms with Crippen LogP contribution in [0.5, 0.6) is 0 Å². The van der Waals surface area contributed by atoms with Crippen LogP contribution in [0, 0.1) is 0 Å². The molecule has 0 N–H and O–H groups in total. The van der Waals surface area contributed by atoms with E-state index in [1.54, 1.807) is 0 Å². The predicted octanol–water partition coefficient (Wildman–Crippen LogP) is 3.79. The molecule has 0 unspecified atom stereocenters. The van der Waals surface area contributed by atoms with Crippen LogP contribution < -0.4 is 27.3 Å². The molecule has 62 heavy (non-hydrogen) atoms. The average molecular weight is 788 g/mol. The van der Waals surface area contributed by atoms with Crippen molar-refractivity contribution in [3.05, 3.63) is 164 Å². The Hall–Kier alpha value is -7.51. The molecule has 0 saturated carbocycles. The molecule has 0 aliphatic heterocycles. The fourth-order valence-electron chi connectivity index (χ4n) is 10.0. The van der Waals surface area contributed by atoms with E-state index in [4.69, 9.17) is 15.0 Å². The molecule has 286 valence electrons. The average Bonchev–Trinajstić information content (AvgIpc) is 3.96. The van der Waals surface area contributed by atoms with Gasteiger partial charge in [-0.25, -0.2) is 4.98 Å². The molecule has 6 nitrogen and oxygen atoms in total. The highest BCUT2D eigenvalue weighted by Gasteiger charge is 2.25. The largest absolute Gasteiger partial charge is 0.309 e. The molecule has 0 spiro atoms. The summed E-state index contributed by atoms with van der Waals surface area (Å²) in [4.78, 5) is 16.1. The Morgan fingerprint density at radius 1 is 0.323 bits per heavy atom. The van der Waals surface area contributed by atoms with Crippen molar-refractivity contribution < 1.29 is 0 Å². The molecule has 0 bridgehead atoms. The second-order valence-corrected chi connectivity index (χ2v) is 16.6. The lowest BCUT2D eigenvalue weighted by atomic mass is 9.61. The summed E-state index contributed by atoms with van der Waals surface area (Å²) in [6.45, 7) is 0. The molecule has 4 heterocycles. The third kappa shape index (κ3) is 5.21. The highest BCUT2D eigenvalue weighted by molar-refractivity contribution is 6.68. The number of benzene rings is 8. The van der Waals surface area contributed by atoms with Crippen LogP contribution in [0.1, 0.15) is 0 Å². The minimum absolute atomic E-state index is 0.570. The third-order valence-corrected chi connectivity index (χ3v) is 13.5. The van der Waals surface area contributed by atoms with Crippen LogP contribution in [0.4, 0.5) is 0 Å². The first-order chi connectivity index (χ1) is 30.4. The molecule has 0 aliphatic rings. The van der Waals surface area contributed by atoms with Crippen LogP contribution in [0.2, 0.25) is 0 Å². The molecular formula is C51H37B5N6. The van der Waals surface area contributed by atoms with Gasteiger partial charge in [0, 0.05) is 54.8 Å². The van der Waals surface area contributed by atoms with Crippen molar-refractivity contribution in [3.8, 4) is 40.1 Å². The summed E-state index contributed by atoms with van der Waals surface area (Å²) in [5.41, 5.74) is 17.4. The summed E-state index contributed by atoms with van der Waals surface area (Å²) in [7, 11) is 11.3. The maximum Gasteiger partial charge on any atom is 0.238 e. The summed E-state index contributed by atoms with van der Waals surface area (Å²) in [6.07, 6.45) is 0. The van der Waals surface area contributed by atoms with Gasteiger partial charge in [-0.3, -0.25) is 4.57 Å². The number of para-hydroxylation sites is 4. The Morgan fingerprint density at radius 3 is 1.39 bits per heavy atom. The lowest BCUT2D eigenvalue weighted by Crippen LogP contribution is -2.56. The van der Waals surface area contributed by atoms with E-state index < -0.39 is 0 Å². The molecule has 8 aromatic carbocycles. The van der Waals surface area contributed by atoms with E-state index in [0.29, 0.717) is 17.6 Å². The molecule has 12 aromatic rings. The summed E-state index contributed by atoms with van der Waals surface area (Å²) in [6, 6.07) is 58.2. The van der Waals surface area contributed by atoms with Gasteiger partial charge in [0.15, 0.2) is 11.6 Å². The van der Waals surface area contributed by atoms with Gasteiger partial charge in [-0.2, -0.15) is 9.97 Å². The monoisotopic (exact) mass is 788 g/mol. The molecule has 12 rings (SSSR count). The van der Waals surface area contributed by atoms with E-state index in [0.717, 1.165) is 60.6 Å². The second-order valence-electron chi connectivity index (χ2n) is 16.6. The molecule has 0 fully saturated rings. The first-order valence-electron chi connectivity index (χ1n) is 21.3. The zero-order valence-electron chi connectivity index (χ0n) is 35.3. The zero-order chi connectivity index (χ0) is 41.8. The Labute approximate surface area is 362 Å². The number of aromatic nitrogens is 6. The Kier molecular flexibility index (Phi) is 8.07. The second kappa shape index (κ2) is 13.8. The molecule has 0 aliphatic carbocycles. The number of fused-ring (bicyclic) bond motifs is 10. The molecular weight excluding hydrogens is 751 g/mol.